The van der Waals surface area contributed by atoms with E-state index in [1.54, 1.807) is 10.9 Å². The van der Waals surface area contributed by atoms with E-state index in [9.17, 15) is 22.0 Å². The highest BCUT2D eigenvalue weighted by Crippen LogP contribution is 2.19. The fourth-order valence-corrected chi connectivity index (χ4v) is 3.65. The van der Waals surface area contributed by atoms with Crippen LogP contribution in [0.3, 0.4) is 0 Å². The second kappa shape index (κ2) is 7.40. The van der Waals surface area contributed by atoms with E-state index in [1.807, 2.05) is 23.6 Å². The van der Waals surface area contributed by atoms with Crippen LogP contribution in [0, 0.1) is 11.6 Å². The summed E-state index contributed by atoms with van der Waals surface area (Å²) in [4.78, 5) is 20.1. The summed E-state index contributed by atoms with van der Waals surface area (Å²) >= 11 is 1.07. The average molecular weight is 398 g/mol. The third kappa shape index (κ3) is 4.18. The minimum absolute atomic E-state index is 0.131. The van der Waals surface area contributed by atoms with Crippen molar-refractivity contribution in [1.82, 2.24) is 20.2 Å². The summed E-state index contributed by atoms with van der Waals surface area (Å²) in [7, 11) is -4.36. The van der Waals surface area contributed by atoms with E-state index in [1.165, 1.54) is 0 Å². The molecule has 0 saturated heterocycles. The van der Waals surface area contributed by atoms with Crippen LogP contribution in [-0.2, 0) is 14.8 Å². The number of thioether (sulfide) groups is 1. The third-order valence-electron chi connectivity index (χ3n) is 3.22. The van der Waals surface area contributed by atoms with E-state index >= 15 is 0 Å². The van der Waals surface area contributed by atoms with Gasteiger partial charge in [0, 0.05) is 6.07 Å². The largest absolute Gasteiger partial charge is 0.333 e. The highest BCUT2D eigenvalue weighted by Gasteiger charge is 2.20. The third-order valence-corrected chi connectivity index (χ3v) is 5.37. The number of nitrogens with zero attached hydrogens (tertiary/aromatic N) is 1. The smallest absolute Gasteiger partial charge is 0.260 e. The van der Waals surface area contributed by atoms with Gasteiger partial charge in [0.15, 0.2) is 5.16 Å². The first kappa shape index (κ1) is 18.3. The van der Waals surface area contributed by atoms with Gasteiger partial charge in [0.25, 0.3) is 10.0 Å². The Hall–Kier alpha value is -2.50. The lowest BCUT2D eigenvalue weighted by molar-refractivity contribution is -0.119. The van der Waals surface area contributed by atoms with Gasteiger partial charge in [-0.1, -0.05) is 23.9 Å². The first-order valence-electron chi connectivity index (χ1n) is 7.18. The quantitative estimate of drug-likeness (QED) is 0.435. The van der Waals surface area contributed by atoms with Crippen molar-refractivity contribution < 1.29 is 22.0 Å². The van der Waals surface area contributed by atoms with Gasteiger partial charge in [-0.3, -0.25) is 10.2 Å². The molecule has 3 aromatic rings. The minimum atomic E-state index is -4.36. The van der Waals surface area contributed by atoms with Gasteiger partial charge < -0.3 is 4.98 Å². The Morgan fingerprint density at radius 3 is 2.69 bits per heavy atom. The molecule has 1 aromatic heterocycles. The van der Waals surface area contributed by atoms with Crippen molar-refractivity contribution in [3.8, 4) is 0 Å². The van der Waals surface area contributed by atoms with Gasteiger partial charge in [-0.25, -0.2) is 22.2 Å². The second-order valence-electron chi connectivity index (χ2n) is 5.08. The van der Waals surface area contributed by atoms with Crippen molar-refractivity contribution >= 4 is 38.7 Å². The molecule has 0 saturated carbocycles. The lowest BCUT2D eigenvalue weighted by atomic mass is 10.3. The number of H-pyrrole nitrogens is 1. The average Bonchev–Trinajstić information content (AvgIpc) is 3.01. The standard InChI is InChI=1S/C15H12F2N4O3S2/c16-9-5-6-13(10(17)7-9)26(23,24)21-20-14(22)8-25-15-18-11-3-1-2-4-12(11)19-15/h1-7,21H,8H2,(H,18,19)(H,20,22). The summed E-state index contributed by atoms with van der Waals surface area (Å²) in [6, 6.07) is 9.31. The summed E-state index contributed by atoms with van der Waals surface area (Å²) in [6.07, 6.45) is 0. The van der Waals surface area contributed by atoms with E-state index < -0.39 is 32.5 Å². The van der Waals surface area contributed by atoms with Crippen LogP contribution < -0.4 is 10.3 Å². The number of carbonyl (C=O) groups excluding carboxylic acids is 1. The summed E-state index contributed by atoms with van der Waals surface area (Å²) in [5, 5.41) is 0.494. The summed E-state index contributed by atoms with van der Waals surface area (Å²) in [6.45, 7) is 0. The van der Waals surface area contributed by atoms with Crippen molar-refractivity contribution in [3.63, 3.8) is 0 Å². The molecule has 0 aliphatic carbocycles. The number of rotatable bonds is 6. The van der Waals surface area contributed by atoms with Crippen molar-refractivity contribution in [2.24, 2.45) is 0 Å². The molecule has 0 bridgehead atoms. The number of sulfonamides is 1. The van der Waals surface area contributed by atoms with Gasteiger partial charge in [-0.15, -0.1) is 4.83 Å². The monoisotopic (exact) mass is 398 g/mol. The van der Waals surface area contributed by atoms with E-state index in [0.29, 0.717) is 11.2 Å². The molecule has 3 N–H and O–H groups in total. The Balaban J connectivity index is 1.57. The number of para-hydroxylation sites is 2. The number of aromatic amines is 1. The number of hydrogen-bond donors (Lipinski definition) is 3. The predicted molar refractivity (Wildman–Crippen MR) is 91.6 cm³/mol. The van der Waals surface area contributed by atoms with Gasteiger partial charge >= 0.3 is 0 Å². The molecule has 0 radical (unpaired) electrons. The molecular formula is C15H12F2N4O3S2. The molecule has 0 unspecified atom stereocenters. The molecule has 0 fully saturated rings. The zero-order valence-corrected chi connectivity index (χ0v) is 14.6. The van der Waals surface area contributed by atoms with Crippen LogP contribution in [0.5, 0.6) is 0 Å². The Morgan fingerprint density at radius 1 is 1.19 bits per heavy atom. The fourth-order valence-electron chi connectivity index (χ4n) is 2.04. The Bertz CT molecular complexity index is 1040. The molecule has 1 amide bonds. The summed E-state index contributed by atoms with van der Waals surface area (Å²) < 4.78 is 50.3. The number of aromatic nitrogens is 2. The lowest BCUT2D eigenvalue weighted by Gasteiger charge is -2.08. The number of hydrazine groups is 1. The molecular weight excluding hydrogens is 386 g/mol. The normalized spacial score (nSPS) is 11.6. The molecule has 0 spiro atoms. The lowest BCUT2D eigenvalue weighted by Crippen LogP contribution is -2.42. The second-order valence-corrected chi connectivity index (χ2v) is 7.69. The number of carbonyl (C=O) groups is 1. The molecule has 3 rings (SSSR count). The Morgan fingerprint density at radius 2 is 1.96 bits per heavy atom. The zero-order valence-electron chi connectivity index (χ0n) is 13.0. The SMILES string of the molecule is O=C(CSc1nc2ccccc2[nH]1)NNS(=O)(=O)c1ccc(F)cc1F. The van der Waals surface area contributed by atoms with E-state index in [-0.39, 0.29) is 5.75 Å². The Kier molecular flexibility index (Phi) is 5.20. The molecule has 11 heteroatoms. The van der Waals surface area contributed by atoms with Crippen LogP contribution in [0.4, 0.5) is 8.78 Å². The fraction of sp³-hybridized carbons (Fsp3) is 0.0667. The van der Waals surface area contributed by atoms with Crippen molar-refractivity contribution in [2.45, 2.75) is 10.1 Å². The molecule has 7 nitrogen and oxygen atoms in total. The summed E-state index contributed by atoms with van der Waals surface area (Å²) in [5.41, 5.74) is 3.51. The molecule has 136 valence electrons. The van der Waals surface area contributed by atoms with Crippen LogP contribution in [-0.4, -0.2) is 30.0 Å². The van der Waals surface area contributed by atoms with Gasteiger partial charge in [0.1, 0.15) is 16.5 Å². The van der Waals surface area contributed by atoms with Gasteiger partial charge in [0.2, 0.25) is 5.91 Å². The van der Waals surface area contributed by atoms with E-state index in [0.717, 1.165) is 34.9 Å². The number of amides is 1. The first-order valence-corrected chi connectivity index (χ1v) is 9.65. The molecule has 0 aliphatic rings. The van der Waals surface area contributed by atoms with Crippen LogP contribution in [0.25, 0.3) is 11.0 Å². The Labute approximate surface area is 151 Å². The number of benzene rings is 2. The number of nitrogens with one attached hydrogen (secondary N) is 3. The summed E-state index contributed by atoms with van der Waals surface area (Å²) in [5.74, 6) is -2.97. The van der Waals surface area contributed by atoms with E-state index in [4.69, 9.17) is 0 Å². The number of halogens is 2. The number of fused-ring (bicyclic) bond motifs is 1. The van der Waals surface area contributed by atoms with Crippen LogP contribution in [0.1, 0.15) is 0 Å². The zero-order chi connectivity index (χ0) is 18.7. The number of hydrogen-bond acceptors (Lipinski definition) is 5. The van der Waals surface area contributed by atoms with Crippen molar-refractivity contribution in [2.75, 3.05) is 5.75 Å². The van der Waals surface area contributed by atoms with Crippen LogP contribution in [0.15, 0.2) is 52.5 Å². The number of imidazole rings is 1. The maximum atomic E-state index is 13.6. The minimum Gasteiger partial charge on any atom is -0.333 e. The van der Waals surface area contributed by atoms with Crippen LogP contribution >= 0.6 is 11.8 Å². The van der Waals surface area contributed by atoms with Crippen molar-refractivity contribution in [1.29, 1.82) is 0 Å². The topological polar surface area (TPSA) is 104 Å². The molecule has 26 heavy (non-hydrogen) atoms. The highest BCUT2D eigenvalue weighted by atomic mass is 32.2. The van der Waals surface area contributed by atoms with E-state index in [2.05, 4.69) is 9.97 Å². The van der Waals surface area contributed by atoms with Crippen molar-refractivity contribution in [3.05, 3.63) is 54.1 Å². The predicted octanol–water partition coefficient (Wildman–Crippen LogP) is 1.94. The van der Waals surface area contributed by atoms with Gasteiger partial charge in [-0.05, 0) is 24.3 Å². The van der Waals surface area contributed by atoms with Gasteiger partial charge in [-0.2, -0.15) is 0 Å². The first-order chi connectivity index (χ1) is 12.3. The maximum Gasteiger partial charge on any atom is 0.260 e. The molecule has 1 heterocycles. The highest BCUT2D eigenvalue weighted by molar-refractivity contribution is 7.99. The van der Waals surface area contributed by atoms with Crippen LogP contribution in [0.2, 0.25) is 0 Å². The molecule has 2 aromatic carbocycles. The van der Waals surface area contributed by atoms with Gasteiger partial charge in [0.05, 0.1) is 16.8 Å². The molecule has 0 atom stereocenters. The maximum absolute atomic E-state index is 13.6. The molecule has 0 aliphatic heterocycles.